The fraction of sp³-hybridized carbons (Fsp3) is 0.400. The van der Waals surface area contributed by atoms with Gasteiger partial charge in [0.25, 0.3) is 5.91 Å². The third-order valence-corrected chi connectivity index (χ3v) is 4.27. The standard InChI is InChI=1S/C15H15Cl2NO4/c16-11-2-1-10(7-12(11)17)13-8-18(3-4-21-13)15(19)14-9-20-5-6-22-14/h1-2,7,9,13H,3-6,8H2. The molecule has 7 heteroatoms. The van der Waals surface area contributed by atoms with Gasteiger partial charge >= 0.3 is 0 Å². The monoisotopic (exact) mass is 343 g/mol. The van der Waals surface area contributed by atoms with Gasteiger partial charge in [-0.2, -0.15) is 0 Å². The summed E-state index contributed by atoms with van der Waals surface area (Å²) in [5, 5.41) is 0.963. The second kappa shape index (κ2) is 6.77. The first-order valence-electron chi connectivity index (χ1n) is 6.95. The van der Waals surface area contributed by atoms with Crippen molar-refractivity contribution < 1.29 is 19.0 Å². The van der Waals surface area contributed by atoms with Gasteiger partial charge in [-0.15, -0.1) is 0 Å². The zero-order valence-corrected chi connectivity index (χ0v) is 13.3. The zero-order chi connectivity index (χ0) is 15.5. The largest absolute Gasteiger partial charge is 0.494 e. The number of carbonyl (C=O) groups is 1. The van der Waals surface area contributed by atoms with E-state index in [1.807, 2.05) is 6.07 Å². The van der Waals surface area contributed by atoms with Crippen LogP contribution in [-0.2, 0) is 19.0 Å². The summed E-state index contributed by atoms with van der Waals surface area (Å²) in [6.45, 7) is 2.24. The van der Waals surface area contributed by atoms with Crippen LogP contribution in [0.4, 0.5) is 0 Å². The molecule has 0 radical (unpaired) electrons. The highest BCUT2D eigenvalue weighted by molar-refractivity contribution is 6.42. The smallest absolute Gasteiger partial charge is 0.292 e. The van der Waals surface area contributed by atoms with Crippen LogP contribution >= 0.6 is 23.2 Å². The topological polar surface area (TPSA) is 48.0 Å². The highest BCUT2D eigenvalue weighted by atomic mass is 35.5. The maximum Gasteiger partial charge on any atom is 0.292 e. The van der Waals surface area contributed by atoms with Crippen molar-refractivity contribution in [3.63, 3.8) is 0 Å². The Morgan fingerprint density at radius 1 is 1.18 bits per heavy atom. The van der Waals surface area contributed by atoms with Gasteiger partial charge < -0.3 is 19.1 Å². The molecule has 2 heterocycles. The Kier molecular flexibility index (Phi) is 4.76. The Balaban J connectivity index is 1.72. The average Bonchev–Trinajstić information content (AvgIpc) is 2.57. The van der Waals surface area contributed by atoms with Gasteiger partial charge in [-0.25, -0.2) is 0 Å². The highest BCUT2D eigenvalue weighted by Crippen LogP contribution is 2.29. The average molecular weight is 344 g/mol. The molecule has 0 bridgehead atoms. The summed E-state index contributed by atoms with van der Waals surface area (Å²) >= 11 is 12.0. The van der Waals surface area contributed by atoms with Crippen molar-refractivity contribution in [3.05, 3.63) is 45.8 Å². The zero-order valence-electron chi connectivity index (χ0n) is 11.8. The Morgan fingerprint density at radius 2 is 2.05 bits per heavy atom. The molecule has 1 unspecified atom stereocenters. The number of hydrogen-bond donors (Lipinski definition) is 0. The van der Waals surface area contributed by atoms with Crippen LogP contribution < -0.4 is 0 Å². The molecule has 0 aliphatic carbocycles. The second-order valence-corrected chi connectivity index (χ2v) is 5.80. The summed E-state index contributed by atoms with van der Waals surface area (Å²) in [6.07, 6.45) is 1.13. The number of hydrogen-bond acceptors (Lipinski definition) is 4. The molecule has 1 amide bonds. The first-order valence-corrected chi connectivity index (χ1v) is 7.71. The third kappa shape index (κ3) is 3.32. The van der Waals surface area contributed by atoms with E-state index in [2.05, 4.69) is 0 Å². The minimum Gasteiger partial charge on any atom is -0.494 e. The number of benzene rings is 1. The maximum absolute atomic E-state index is 12.4. The van der Waals surface area contributed by atoms with E-state index in [4.69, 9.17) is 37.4 Å². The lowest BCUT2D eigenvalue weighted by Crippen LogP contribution is -2.43. The van der Waals surface area contributed by atoms with Crippen molar-refractivity contribution in [1.29, 1.82) is 0 Å². The van der Waals surface area contributed by atoms with Crippen molar-refractivity contribution in [2.75, 3.05) is 32.9 Å². The van der Waals surface area contributed by atoms with Crippen LogP contribution in [0.25, 0.3) is 0 Å². The molecule has 0 spiro atoms. The maximum atomic E-state index is 12.4. The van der Waals surface area contributed by atoms with Crippen molar-refractivity contribution in [2.45, 2.75) is 6.10 Å². The van der Waals surface area contributed by atoms with Crippen LogP contribution in [0.15, 0.2) is 30.2 Å². The second-order valence-electron chi connectivity index (χ2n) is 4.99. The van der Waals surface area contributed by atoms with Gasteiger partial charge in [0.1, 0.15) is 25.6 Å². The predicted molar refractivity (Wildman–Crippen MR) is 81.7 cm³/mol. The Hall–Kier alpha value is -1.43. The van der Waals surface area contributed by atoms with Gasteiger partial charge in [0.15, 0.2) is 0 Å². The van der Waals surface area contributed by atoms with E-state index in [0.717, 1.165) is 5.56 Å². The lowest BCUT2D eigenvalue weighted by atomic mass is 10.1. The lowest BCUT2D eigenvalue weighted by molar-refractivity contribution is -0.140. The van der Waals surface area contributed by atoms with Gasteiger partial charge in [-0.3, -0.25) is 4.79 Å². The van der Waals surface area contributed by atoms with Crippen molar-refractivity contribution in [3.8, 4) is 0 Å². The van der Waals surface area contributed by atoms with Crippen LogP contribution in [0.2, 0.25) is 10.0 Å². The van der Waals surface area contributed by atoms with Crippen LogP contribution in [-0.4, -0.2) is 43.7 Å². The molecular weight excluding hydrogens is 329 g/mol. The quantitative estimate of drug-likeness (QED) is 0.828. The first-order chi connectivity index (χ1) is 10.6. The molecule has 3 rings (SSSR count). The normalized spacial score (nSPS) is 21.6. The van der Waals surface area contributed by atoms with Crippen molar-refractivity contribution in [2.24, 2.45) is 0 Å². The summed E-state index contributed by atoms with van der Waals surface area (Å²) in [7, 11) is 0. The Morgan fingerprint density at radius 3 is 2.77 bits per heavy atom. The fourth-order valence-corrected chi connectivity index (χ4v) is 2.69. The molecular formula is C15H15Cl2NO4. The molecule has 2 aliphatic heterocycles. The number of nitrogens with zero attached hydrogens (tertiary/aromatic N) is 1. The summed E-state index contributed by atoms with van der Waals surface area (Å²) in [5.74, 6) is 0.0501. The minimum atomic E-state index is -0.238. The molecule has 5 nitrogen and oxygen atoms in total. The summed E-state index contributed by atoms with van der Waals surface area (Å²) in [6, 6.07) is 5.35. The van der Waals surface area contributed by atoms with E-state index in [9.17, 15) is 4.79 Å². The van der Waals surface area contributed by atoms with Gasteiger partial charge in [-0.1, -0.05) is 29.3 Å². The molecule has 1 saturated heterocycles. The Labute approximate surface area is 138 Å². The van der Waals surface area contributed by atoms with E-state index >= 15 is 0 Å². The number of ether oxygens (including phenoxy) is 3. The van der Waals surface area contributed by atoms with Gasteiger partial charge in [0.05, 0.1) is 23.2 Å². The van der Waals surface area contributed by atoms with Gasteiger partial charge in [0, 0.05) is 6.54 Å². The molecule has 22 heavy (non-hydrogen) atoms. The molecule has 0 N–H and O–H groups in total. The Bertz CT molecular complexity index is 605. The number of rotatable bonds is 2. The number of halogens is 2. The summed E-state index contributed by atoms with van der Waals surface area (Å²) < 4.78 is 16.2. The molecule has 1 atom stereocenters. The van der Waals surface area contributed by atoms with Crippen molar-refractivity contribution in [1.82, 2.24) is 4.90 Å². The SMILES string of the molecule is O=C(C1=COCCO1)N1CCOC(c2ccc(Cl)c(Cl)c2)C1. The van der Waals surface area contributed by atoms with E-state index in [1.54, 1.807) is 17.0 Å². The number of carbonyl (C=O) groups excluding carboxylic acids is 1. The fourth-order valence-electron chi connectivity index (χ4n) is 2.38. The van der Waals surface area contributed by atoms with Crippen LogP contribution in [0.1, 0.15) is 11.7 Å². The van der Waals surface area contributed by atoms with E-state index in [0.29, 0.717) is 43.0 Å². The predicted octanol–water partition coefficient (Wildman–Crippen LogP) is 2.78. The minimum absolute atomic E-state index is 0.187. The lowest BCUT2D eigenvalue weighted by Gasteiger charge is -2.33. The van der Waals surface area contributed by atoms with Crippen LogP contribution in [0.5, 0.6) is 0 Å². The summed E-state index contributed by atoms with van der Waals surface area (Å²) in [5.41, 5.74) is 0.890. The third-order valence-electron chi connectivity index (χ3n) is 3.53. The van der Waals surface area contributed by atoms with Gasteiger partial charge in [-0.05, 0) is 17.7 Å². The first kappa shape index (κ1) is 15.5. The van der Waals surface area contributed by atoms with Crippen LogP contribution in [0.3, 0.4) is 0 Å². The molecule has 1 aromatic carbocycles. The number of morpholine rings is 1. The number of amides is 1. The summed E-state index contributed by atoms with van der Waals surface area (Å²) in [4.78, 5) is 14.1. The molecule has 1 fully saturated rings. The van der Waals surface area contributed by atoms with Crippen molar-refractivity contribution >= 4 is 29.1 Å². The van der Waals surface area contributed by atoms with Gasteiger partial charge in [0.2, 0.25) is 5.76 Å². The molecule has 0 saturated carbocycles. The highest BCUT2D eigenvalue weighted by Gasteiger charge is 2.29. The molecule has 2 aliphatic rings. The molecule has 1 aromatic rings. The van der Waals surface area contributed by atoms with E-state index in [-0.39, 0.29) is 17.8 Å². The van der Waals surface area contributed by atoms with E-state index < -0.39 is 0 Å². The molecule has 118 valence electrons. The van der Waals surface area contributed by atoms with E-state index in [1.165, 1.54) is 6.26 Å². The van der Waals surface area contributed by atoms with Crippen LogP contribution in [0, 0.1) is 0 Å². The molecule has 0 aromatic heterocycles.